The number of carbonyl (C=O) groups excluding carboxylic acids is 1. The average molecular weight is 188 g/mol. The predicted octanol–water partition coefficient (Wildman–Crippen LogP) is 2.36. The molecule has 0 spiro atoms. The standard InChI is InChI=1S/C8H7ClFNO/c1-5-2-7(10)8(11-4-12)3-6(5)9/h2-4H,1H3,(H,11,12). The highest BCUT2D eigenvalue weighted by Gasteiger charge is 2.04. The summed E-state index contributed by atoms with van der Waals surface area (Å²) in [6.45, 7) is 1.69. The van der Waals surface area contributed by atoms with Crippen molar-refractivity contribution in [2.75, 3.05) is 5.32 Å². The molecule has 0 atom stereocenters. The number of halogens is 2. The van der Waals surface area contributed by atoms with E-state index in [2.05, 4.69) is 5.32 Å². The van der Waals surface area contributed by atoms with Crippen molar-refractivity contribution in [3.05, 3.63) is 28.5 Å². The third-order valence-electron chi connectivity index (χ3n) is 1.46. The van der Waals surface area contributed by atoms with Crippen LogP contribution in [0.5, 0.6) is 0 Å². The molecular weight excluding hydrogens is 181 g/mol. The Balaban J connectivity index is 3.13. The minimum absolute atomic E-state index is 0.0978. The molecule has 64 valence electrons. The van der Waals surface area contributed by atoms with Crippen LogP contribution in [0, 0.1) is 12.7 Å². The first-order valence-electron chi connectivity index (χ1n) is 3.31. The van der Waals surface area contributed by atoms with Crippen LogP contribution in [0.4, 0.5) is 10.1 Å². The summed E-state index contributed by atoms with van der Waals surface area (Å²) in [6, 6.07) is 2.65. The summed E-state index contributed by atoms with van der Waals surface area (Å²) in [6.07, 6.45) is 0.407. The van der Waals surface area contributed by atoms with E-state index in [1.54, 1.807) is 6.92 Å². The Morgan fingerprint density at radius 1 is 1.58 bits per heavy atom. The molecule has 0 aromatic heterocycles. The van der Waals surface area contributed by atoms with Gasteiger partial charge in [-0.3, -0.25) is 4.79 Å². The molecule has 0 heterocycles. The smallest absolute Gasteiger partial charge is 0.211 e. The first-order valence-corrected chi connectivity index (χ1v) is 3.69. The van der Waals surface area contributed by atoms with Gasteiger partial charge in [-0.15, -0.1) is 0 Å². The lowest BCUT2D eigenvalue weighted by Gasteiger charge is -2.03. The van der Waals surface area contributed by atoms with Crippen molar-refractivity contribution >= 4 is 23.7 Å². The van der Waals surface area contributed by atoms with Crippen LogP contribution in [-0.2, 0) is 4.79 Å². The molecule has 0 saturated carbocycles. The van der Waals surface area contributed by atoms with Crippen LogP contribution in [-0.4, -0.2) is 6.41 Å². The van der Waals surface area contributed by atoms with Gasteiger partial charge in [-0.2, -0.15) is 0 Å². The van der Waals surface area contributed by atoms with Crippen LogP contribution in [0.15, 0.2) is 12.1 Å². The summed E-state index contributed by atoms with van der Waals surface area (Å²) in [5.41, 5.74) is 0.742. The number of hydrogen-bond acceptors (Lipinski definition) is 1. The van der Waals surface area contributed by atoms with Crippen LogP contribution in [0.1, 0.15) is 5.56 Å². The van der Waals surface area contributed by atoms with Crippen LogP contribution in [0.2, 0.25) is 5.02 Å². The van der Waals surface area contributed by atoms with Gasteiger partial charge in [-0.25, -0.2) is 4.39 Å². The van der Waals surface area contributed by atoms with Gasteiger partial charge in [-0.1, -0.05) is 11.6 Å². The fraction of sp³-hybridized carbons (Fsp3) is 0.125. The molecular formula is C8H7ClFNO. The molecule has 0 saturated heterocycles. The van der Waals surface area contributed by atoms with Crippen LogP contribution < -0.4 is 5.32 Å². The maximum Gasteiger partial charge on any atom is 0.211 e. The summed E-state index contributed by atoms with van der Waals surface area (Å²) in [5, 5.41) is 2.64. The SMILES string of the molecule is Cc1cc(F)c(NC=O)cc1Cl. The molecule has 1 amide bonds. The number of aryl methyl sites for hydroxylation is 1. The van der Waals surface area contributed by atoms with Crippen molar-refractivity contribution in [1.29, 1.82) is 0 Å². The zero-order valence-electron chi connectivity index (χ0n) is 6.40. The van der Waals surface area contributed by atoms with E-state index in [9.17, 15) is 9.18 Å². The van der Waals surface area contributed by atoms with Crippen molar-refractivity contribution in [2.45, 2.75) is 6.92 Å². The molecule has 0 radical (unpaired) electrons. The van der Waals surface area contributed by atoms with Crippen LogP contribution in [0.3, 0.4) is 0 Å². The van der Waals surface area contributed by atoms with Crippen LogP contribution in [0.25, 0.3) is 0 Å². The number of benzene rings is 1. The first-order chi connectivity index (χ1) is 5.65. The Bertz CT molecular complexity index is 314. The van der Waals surface area contributed by atoms with Gasteiger partial charge in [0.15, 0.2) is 0 Å². The Hall–Kier alpha value is -1.09. The van der Waals surface area contributed by atoms with E-state index < -0.39 is 5.82 Å². The molecule has 1 N–H and O–H groups in total. The van der Waals surface area contributed by atoms with Gasteiger partial charge in [0.05, 0.1) is 5.69 Å². The molecule has 0 bridgehead atoms. The van der Waals surface area contributed by atoms with E-state index in [-0.39, 0.29) is 5.69 Å². The van der Waals surface area contributed by atoms with E-state index in [4.69, 9.17) is 11.6 Å². The highest BCUT2D eigenvalue weighted by Crippen LogP contribution is 2.22. The number of hydrogen-bond donors (Lipinski definition) is 1. The second kappa shape index (κ2) is 3.54. The van der Waals surface area contributed by atoms with Crippen molar-refractivity contribution < 1.29 is 9.18 Å². The second-order valence-electron chi connectivity index (χ2n) is 2.34. The topological polar surface area (TPSA) is 29.1 Å². The quantitative estimate of drug-likeness (QED) is 0.708. The average Bonchev–Trinajstić information content (AvgIpc) is 2.01. The number of rotatable bonds is 2. The third kappa shape index (κ3) is 1.74. The summed E-state index contributed by atoms with van der Waals surface area (Å²) in [5.74, 6) is -0.482. The molecule has 0 aliphatic carbocycles. The summed E-state index contributed by atoms with van der Waals surface area (Å²) in [7, 11) is 0. The highest BCUT2D eigenvalue weighted by molar-refractivity contribution is 6.31. The van der Waals surface area contributed by atoms with E-state index in [1.165, 1.54) is 12.1 Å². The fourth-order valence-electron chi connectivity index (χ4n) is 0.820. The highest BCUT2D eigenvalue weighted by atomic mass is 35.5. The van der Waals surface area contributed by atoms with Gasteiger partial charge in [0.2, 0.25) is 6.41 Å². The van der Waals surface area contributed by atoms with E-state index in [0.717, 1.165) is 0 Å². The van der Waals surface area contributed by atoms with Gasteiger partial charge >= 0.3 is 0 Å². The minimum atomic E-state index is -0.482. The van der Waals surface area contributed by atoms with Gasteiger partial charge < -0.3 is 5.32 Å². The molecule has 0 aliphatic rings. The van der Waals surface area contributed by atoms with Gasteiger partial charge in [0, 0.05) is 5.02 Å². The lowest BCUT2D eigenvalue weighted by Crippen LogP contribution is -1.97. The Morgan fingerprint density at radius 2 is 2.25 bits per heavy atom. The van der Waals surface area contributed by atoms with Crippen molar-refractivity contribution in [2.24, 2.45) is 0 Å². The summed E-state index contributed by atoms with van der Waals surface area (Å²) >= 11 is 5.70. The molecule has 1 aromatic rings. The molecule has 1 aromatic carbocycles. The Labute approximate surface area is 74.3 Å². The van der Waals surface area contributed by atoms with Crippen LogP contribution >= 0.6 is 11.6 Å². The summed E-state index contributed by atoms with van der Waals surface area (Å²) < 4.78 is 12.9. The molecule has 2 nitrogen and oxygen atoms in total. The maximum absolute atomic E-state index is 12.9. The largest absolute Gasteiger partial charge is 0.326 e. The lowest BCUT2D eigenvalue weighted by molar-refractivity contribution is -0.105. The zero-order valence-corrected chi connectivity index (χ0v) is 7.15. The number of anilines is 1. The molecule has 0 fully saturated rings. The van der Waals surface area contributed by atoms with Crippen molar-refractivity contribution in [3.8, 4) is 0 Å². The lowest BCUT2D eigenvalue weighted by atomic mass is 10.2. The first kappa shape index (κ1) is 9.00. The Kier molecular flexibility index (Phi) is 2.65. The normalized spacial score (nSPS) is 9.58. The molecule has 0 aliphatic heterocycles. The van der Waals surface area contributed by atoms with Crippen molar-refractivity contribution in [3.63, 3.8) is 0 Å². The predicted molar refractivity (Wildman–Crippen MR) is 45.8 cm³/mol. The fourth-order valence-corrected chi connectivity index (χ4v) is 0.984. The second-order valence-corrected chi connectivity index (χ2v) is 2.75. The third-order valence-corrected chi connectivity index (χ3v) is 1.87. The summed E-state index contributed by atoms with van der Waals surface area (Å²) in [4.78, 5) is 10.0. The number of amides is 1. The maximum atomic E-state index is 12.9. The van der Waals surface area contributed by atoms with Gasteiger partial charge in [0.1, 0.15) is 5.82 Å². The van der Waals surface area contributed by atoms with Gasteiger partial charge in [0.25, 0.3) is 0 Å². The molecule has 12 heavy (non-hydrogen) atoms. The van der Waals surface area contributed by atoms with E-state index in [0.29, 0.717) is 17.0 Å². The molecule has 4 heteroatoms. The molecule has 0 unspecified atom stereocenters. The minimum Gasteiger partial charge on any atom is -0.326 e. The van der Waals surface area contributed by atoms with Gasteiger partial charge in [-0.05, 0) is 24.6 Å². The monoisotopic (exact) mass is 187 g/mol. The van der Waals surface area contributed by atoms with E-state index in [1.807, 2.05) is 0 Å². The number of nitrogens with one attached hydrogen (secondary N) is 1. The van der Waals surface area contributed by atoms with Crippen molar-refractivity contribution in [1.82, 2.24) is 0 Å². The number of carbonyl (C=O) groups is 1. The zero-order chi connectivity index (χ0) is 9.14. The van der Waals surface area contributed by atoms with E-state index >= 15 is 0 Å². The molecule has 1 rings (SSSR count). The Morgan fingerprint density at radius 3 is 2.83 bits per heavy atom.